The number of aliphatic hydroxyl groups is 1. The predicted octanol–water partition coefficient (Wildman–Crippen LogP) is 19.4. The fourth-order valence-corrected chi connectivity index (χ4v) is 9.43. The Balaban J connectivity index is 4.20. The van der Waals surface area contributed by atoms with E-state index in [-0.39, 0.29) is 19.1 Å². The first-order chi connectivity index (χ1) is 36.5. The number of carbonyl (C=O) groups excluding carboxylic acids is 1. The van der Waals surface area contributed by atoms with E-state index < -0.39 is 20.0 Å². The summed E-state index contributed by atoms with van der Waals surface area (Å²) in [6, 6.07) is -0.876. The van der Waals surface area contributed by atoms with Crippen molar-refractivity contribution in [1.29, 1.82) is 0 Å². The molecule has 0 aromatic rings. The standard InChI is InChI=1S/C66H119N2O6P/c1-6-8-10-12-14-16-18-20-22-24-26-28-30-31-32-33-34-35-36-37-38-40-42-44-46-48-50-52-54-56-58-60-66(70)67-64(63-74-75(71,72)73-62-61-68(3,4)5)65(69)59-57-55-53-51-49-47-45-43-41-39-29-27-25-23-21-19-17-15-13-11-9-7-2/h8,10,14,16,20,22,26,28,31-32,41,43,49,51,57,59,64-65,69H,6-7,9,11-13,15,17-19,21,23-25,27,29-30,33-40,42,44-48,50,52-56,58,60-63H2,1-5H3,(H-,67,70,71,72)/p+1/b10-8-,16-14-,22-20-,28-26-,32-31-,43-41+,51-49+,59-57+. The number of likely N-dealkylation sites (N-methyl/N-ethyl adjacent to an activating group) is 1. The first-order valence-corrected chi connectivity index (χ1v) is 32.6. The Morgan fingerprint density at radius 3 is 1.23 bits per heavy atom. The molecule has 0 radical (unpaired) electrons. The van der Waals surface area contributed by atoms with Crippen LogP contribution in [0.5, 0.6) is 0 Å². The lowest BCUT2D eigenvalue weighted by molar-refractivity contribution is -0.870. The van der Waals surface area contributed by atoms with Crippen LogP contribution in [0.1, 0.15) is 264 Å². The zero-order chi connectivity index (χ0) is 54.9. The Kier molecular flexibility index (Phi) is 54.2. The van der Waals surface area contributed by atoms with Crippen LogP contribution in [-0.2, 0) is 18.4 Å². The third-order valence-electron chi connectivity index (χ3n) is 13.5. The highest BCUT2D eigenvalue weighted by Crippen LogP contribution is 2.43. The van der Waals surface area contributed by atoms with Gasteiger partial charge < -0.3 is 19.8 Å². The maximum absolute atomic E-state index is 13.0. The number of nitrogens with one attached hydrogen (secondary N) is 1. The van der Waals surface area contributed by atoms with Gasteiger partial charge in [0.1, 0.15) is 13.2 Å². The van der Waals surface area contributed by atoms with Crippen molar-refractivity contribution in [1.82, 2.24) is 5.32 Å². The maximum atomic E-state index is 13.0. The second-order valence-corrected chi connectivity index (χ2v) is 23.5. The molecule has 0 fully saturated rings. The third-order valence-corrected chi connectivity index (χ3v) is 14.5. The summed E-state index contributed by atoms with van der Waals surface area (Å²) in [5, 5.41) is 13.9. The molecule has 3 atom stereocenters. The van der Waals surface area contributed by atoms with Gasteiger partial charge in [0.15, 0.2) is 0 Å². The summed E-state index contributed by atoms with van der Waals surface area (Å²) in [4.78, 5) is 23.3. The first-order valence-electron chi connectivity index (χ1n) is 31.1. The zero-order valence-electron chi connectivity index (χ0n) is 49.5. The number of nitrogens with zero attached hydrogens (tertiary/aromatic N) is 1. The molecule has 0 rings (SSSR count). The highest BCUT2D eigenvalue weighted by molar-refractivity contribution is 7.47. The topological polar surface area (TPSA) is 105 Å². The van der Waals surface area contributed by atoms with E-state index in [2.05, 4.69) is 104 Å². The number of quaternary nitrogens is 1. The van der Waals surface area contributed by atoms with Gasteiger partial charge in [-0.25, -0.2) is 4.57 Å². The number of carbonyl (C=O) groups is 1. The molecule has 0 aliphatic rings. The van der Waals surface area contributed by atoms with Crippen molar-refractivity contribution in [3.63, 3.8) is 0 Å². The fourth-order valence-electron chi connectivity index (χ4n) is 8.69. The van der Waals surface area contributed by atoms with Gasteiger partial charge in [0.2, 0.25) is 5.91 Å². The smallest absolute Gasteiger partial charge is 0.387 e. The second-order valence-electron chi connectivity index (χ2n) is 22.0. The summed E-state index contributed by atoms with van der Waals surface area (Å²) >= 11 is 0. The normalized spacial score (nSPS) is 14.5. The Morgan fingerprint density at radius 2 is 0.813 bits per heavy atom. The molecular formula is C66H120N2O6P+. The minimum Gasteiger partial charge on any atom is -0.387 e. The Labute approximate surface area is 464 Å². The third kappa shape index (κ3) is 58.9. The molecule has 3 N–H and O–H groups in total. The number of allylic oxidation sites excluding steroid dienone is 15. The van der Waals surface area contributed by atoms with Gasteiger partial charge in [0.05, 0.1) is 39.9 Å². The average molecular weight is 1070 g/mol. The molecule has 0 heterocycles. The lowest BCUT2D eigenvalue weighted by Crippen LogP contribution is -2.45. The van der Waals surface area contributed by atoms with Gasteiger partial charge in [-0.05, 0) is 89.9 Å². The number of hydrogen-bond acceptors (Lipinski definition) is 5. The van der Waals surface area contributed by atoms with Gasteiger partial charge >= 0.3 is 7.82 Å². The van der Waals surface area contributed by atoms with Gasteiger partial charge in [0, 0.05) is 6.42 Å². The first kappa shape index (κ1) is 72.4. The highest BCUT2D eigenvalue weighted by atomic mass is 31.2. The number of hydrogen-bond donors (Lipinski definition) is 3. The molecule has 3 unspecified atom stereocenters. The maximum Gasteiger partial charge on any atom is 0.472 e. The minimum atomic E-state index is -4.37. The van der Waals surface area contributed by atoms with Gasteiger partial charge in [0.25, 0.3) is 0 Å². The lowest BCUT2D eigenvalue weighted by atomic mass is 10.0. The molecule has 8 nitrogen and oxygen atoms in total. The van der Waals surface area contributed by atoms with E-state index >= 15 is 0 Å². The van der Waals surface area contributed by atoms with Crippen molar-refractivity contribution in [2.75, 3.05) is 40.9 Å². The Bertz CT molecular complexity index is 1540. The van der Waals surface area contributed by atoms with Crippen molar-refractivity contribution in [2.24, 2.45) is 0 Å². The molecule has 0 bridgehead atoms. The molecule has 0 saturated carbocycles. The molecule has 0 aliphatic carbocycles. The number of phosphoric acid groups is 1. The van der Waals surface area contributed by atoms with Crippen LogP contribution >= 0.6 is 7.82 Å². The molecule has 0 spiro atoms. The predicted molar refractivity (Wildman–Crippen MR) is 327 cm³/mol. The molecule has 9 heteroatoms. The molecule has 75 heavy (non-hydrogen) atoms. The Morgan fingerprint density at radius 1 is 0.467 bits per heavy atom. The number of amides is 1. The number of phosphoric ester groups is 1. The SMILES string of the molecule is CC/C=C\C/C=C\C/C=C\C/C=C\C/C=C\CCCCCCCCCCCCCCCCCC(=O)NC(COP(=O)(O)OCC[N+](C)(C)C)C(O)/C=C/CC/C=C/CC/C=C/CCCCCCCCCCCCCC. The van der Waals surface area contributed by atoms with E-state index in [0.717, 1.165) is 77.0 Å². The van der Waals surface area contributed by atoms with Crippen LogP contribution in [0.2, 0.25) is 0 Å². The summed E-state index contributed by atoms with van der Waals surface area (Å²) in [5.41, 5.74) is 0. The summed E-state index contributed by atoms with van der Waals surface area (Å²) in [6.45, 7) is 4.69. The fraction of sp³-hybridized carbons (Fsp3) is 0.742. The zero-order valence-corrected chi connectivity index (χ0v) is 50.4. The van der Waals surface area contributed by atoms with E-state index in [0.29, 0.717) is 17.4 Å². The van der Waals surface area contributed by atoms with Crippen LogP contribution < -0.4 is 5.32 Å². The van der Waals surface area contributed by atoms with E-state index in [1.54, 1.807) is 6.08 Å². The second kappa shape index (κ2) is 56.2. The van der Waals surface area contributed by atoms with Crippen molar-refractivity contribution in [3.05, 3.63) is 97.2 Å². The highest BCUT2D eigenvalue weighted by Gasteiger charge is 2.27. The van der Waals surface area contributed by atoms with Crippen LogP contribution in [0.4, 0.5) is 0 Å². The van der Waals surface area contributed by atoms with Crippen LogP contribution in [0.15, 0.2) is 97.2 Å². The van der Waals surface area contributed by atoms with E-state index in [1.807, 2.05) is 27.2 Å². The summed E-state index contributed by atoms with van der Waals surface area (Å²) in [7, 11) is 1.54. The largest absolute Gasteiger partial charge is 0.472 e. The van der Waals surface area contributed by atoms with Crippen molar-refractivity contribution >= 4 is 13.7 Å². The van der Waals surface area contributed by atoms with Crippen molar-refractivity contribution in [2.45, 2.75) is 276 Å². The number of unbranched alkanes of at least 4 members (excludes halogenated alkanes) is 29. The van der Waals surface area contributed by atoms with Gasteiger partial charge in [-0.2, -0.15) is 0 Å². The average Bonchev–Trinajstić information content (AvgIpc) is 3.37. The van der Waals surface area contributed by atoms with E-state index in [9.17, 15) is 19.4 Å². The molecule has 1 amide bonds. The molecule has 0 saturated heterocycles. The molecule has 0 aliphatic heterocycles. The molecule has 0 aromatic carbocycles. The van der Waals surface area contributed by atoms with Crippen molar-refractivity contribution < 1.29 is 32.9 Å². The van der Waals surface area contributed by atoms with Gasteiger partial charge in [-0.3, -0.25) is 13.8 Å². The van der Waals surface area contributed by atoms with E-state index in [1.165, 1.54) is 167 Å². The summed E-state index contributed by atoms with van der Waals surface area (Å²) < 4.78 is 23.7. The van der Waals surface area contributed by atoms with Crippen LogP contribution in [0, 0.1) is 0 Å². The number of aliphatic hydroxyl groups excluding tert-OH is 1. The van der Waals surface area contributed by atoms with Crippen molar-refractivity contribution in [3.8, 4) is 0 Å². The van der Waals surface area contributed by atoms with E-state index in [4.69, 9.17) is 9.05 Å². The van der Waals surface area contributed by atoms with Crippen LogP contribution in [-0.4, -0.2) is 73.4 Å². The van der Waals surface area contributed by atoms with Crippen LogP contribution in [0.25, 0.3) is 0 Å². The monoisotopic (exact) mass is 1070 g/mol. The number of rotatable bonds is 56. The summed E-state index contributed by atoms with van der Waals surface area (Å²) in [5.74, 6) is -0.192. The molecule has 0 aromatic heterocycles. The summed E-state index contributed by atoms with van der Waals surface area (Å²) in [6.07, 6.45) is 81.0. The van der Waals surface area contributed by atoms with Gasteiger partial charge in [-0.1, -0.05) is 265 Å². The minimum absolute atomic E-state index is 0.0503. The lowest BCUT2D eigenvalue weighted by Gasteiger charge is -2.25. The van der Waals surface area contributed by atoms with Crippen LogP contribution in [0.3, 0.4) is 0 Å². The molecule has 434 valence electrons. The van der Waals surface area contributed by atoms with Gasteiger partial charge in [-0.15, -0.1) is 0 Å². The molecular weight excluding hydrogens is 948 g/mol. The Hall–Kier alpha value is -2.58. The quantitative estimate of drug-likeness (QED) is 0.0243.